The van der Waals surface area contributed by atoms with Crippen molar-refractivity contribution in [1.29, 1.82) is 0 Å². The quantitative estimate of drug-likeness (QED) is 0.748. The third-order valence-corrected chi connectivity index (χ3v) is 5.33. The van der Waals surface area contributed by atoms with Crippen LogP contribution in [-0.4, -0.2) is 35.4 Å². The van der Waals surface area contributed by atoms with E-state index in [1.165, 1.54) is 0 Å². The molecular formula is C14H24N2O3S. The van der Waals surface area contributed by atoms with E-state index in [-0.39, 0.29) is 23.4 Å². The molecule has 5 nitrogen and oxygen atoms in total. The third-order valence-electron chi connectivity index (χ3n) is 3.64. The Bertz CT molecular complexity index is 545. The van der Waals surface area contributed by atoms with E-state index in [0.29, 0.717) is 18.9 Å². The number of nitrogens with zero attached hydrogens (tertiary/aromatic N) is 2. The Hall–Kier alpha value is -0.880. The number of aromatic nitrogens is 2. The van der Waals surface area contributed by atoms with Crippen molar-refractivity contribution in [2.45, 2.75) is 63.1 Å². The fraction of sp³-hybridized carbons (Fsp3) is 0.786. The Morgan fingerprint density at radius 3 is 2.60 bits per heavy atom. The number of sulfone groups is 1. The molecule has 114 valence electrons. The highest BCUT2D eigenvalue weighted by Crippen LogP contribution is 2.39. The van der Waals surface area contributed by atoms with E-state index < -0.39 is 9.84 Å². The van der Waals surface area contributed by atoms with Gasteiger partial charge in [0.2, 0.25) is 15.0 Å². The van der Waals surface area contributed by atoms with Crippen LogP contribution < -0.4 is 0 Å². The van der Waals surface area contributed by atoms with Gasteiger partial charge < -0.3 is 9.67 Å². The van der Waals surface area contributed by atoms with E-state index in [0.717, 1.165) is 25.0 Å². The number of rotatable bonds is 8. The highest BCUT2D eigenvalue weighted by molar-refractivity contribution is 7.91. The SMILES string of the molecule is CC(C)c1cnc(S(=O)(=O)CCCCCO)n1C1CC1. The van der Waals surface area contributed by atoms with Gasteiger partial charge >= 0.3 is 0 Å². The van der Waals surface area contributed by atoms with Crippen LogP contribution in [0.15, 0.2) is 11.4 Å². The molecule has 6 heteroatoms. The highest BCUT2D eigenvalue weighted by Gasteiger charge is 2.33. The summed E-state index contributed by atoms with van der Waals surface area (Å²) in [7, 11) is -3.32. The standard InChI is InChI=1S/C14H24N2O3S/c1-11(2)13-10-15-14(16(13)12-6-7-12)20(18,19)9-5-3-4-8-17/h10-12,17H,3-9H2,1-2H3. The van der Waals surface area contributed by atoms with E-state index in [2.05, 4.69) is 18.8 Å². The molecule has 1 fully saturated rings. The molecule has 2 rings (SSSR count). The molecule has 0 aliphatic heterocycles. The van der Waals surface area contributed by atoms with Crippen LogP contribution in [0.4, 0.5) is 0 Å². The third kappa shape index (κ3) is 3.41. The second kappa shape index (κ2) is 6.26. The Labute approximate surface area is 120 Å². The Balaban J connectivity index is 2.18. The average Bonchev–Trinajstić information content (AvgIpc) is 3.12. The lowest BCUT2D eigenvalue weighted by atomic mass is 10.1. The van der Waals surface area contributed by atoms with Gasteiger partial charge in [0.05, 0.1) is 5.75 Å². The van der Waals surface area contributed by atoms with Gasteiger partial charge in [-0.1, -0.05) is 20.3 Å². The van der Waals surface area contributed by atoms with Crippen molar-refractivity contribution in [1.82, 2.24) is 9.55 Å². The summed E-state index contributed by atoms with van der Waals surface area (Å²) in [5.41, 5.74) is 1.02. The summed E-state index contributed by atoms with van der Waals surface area (Å²) < 4.78 is 26.8. The molecule has 1 N–H and O–H groups in total. The number of hydrogen-bond donors (Lipinski definition) is 1. The minimum atomic E-state index is -3.32. The van der Waals surface area contributed by atoms with Crippen molar-refractivity contribution in [2.75, 3.05) is 12.4 Å². The molecule has 0 atom stereocenters. The zero-order valence-electron chi connectivity index (χ0n) is 12.2. The fourth-order valence-electron chi connectivity index (χ4n) is 2.39. The predicted octanol–water partition coefficient (Wildman–Crippen LogP) is 2.28. The molecule has 1 aromatic rings. The van der Waals surface area contributed by atoms with Gasteiger partial charge in [0.15, 0.2) is 0 Å². The monoisotopic (exact) mass is 300 g/mol. The van der Waals surface area contributed by atoms with Crippen LogP contribution in [0.5, 0.6) is 0 Å². The van der Waals surface area contributed by atoms with E-state index in [1.54, 1.807) is 6.20 Å². The molecule has 0 spiro atoms. The van der Waals surface area contributed by atoms with Crippen LogP contribution in [0, 0.1) is 0 Å². The second-order valence-electron chi connectivity index (χ2n) is 5.82. The van der Waals surface area contributed by atoms with Crippen LogP contribution >= 0.6 is 0 Å². The highest BCUT2D eigenvalue weighted by atomic mass is 32.2. The number of hydrogen-bond acceptors (Lipinski definition) is 4. The first kappa shape index (κ1) is 15.5. The zero-order valence-corrected chi connectivity index (χ0v) is 13.1. The van der Waals surface area contributed by atoms with E-state index >= 15 is 0 Å². The maximum absolute atomic E-state index is 12.4. The Morgan fingerprint density at radius 2 is 2.05 bits per heavy atom. The number of imidazole rings is 1. The Morgan fingerprint density at radius 1 is 1.35 bits per heavy atom. The topological polar surface area (TPSA) is 72.2 Å². The van der Waals surface area contributed by atoms with Gasteiger partial charge in [-0.05, 0) is 31.6 Å². The maximum atomic E-state index is 12.4. The molecule has 0 amide bonds. The number of aliphatic hydroxyl groups excluding tert-OH is 1. The first-order chi connectivity index (χ1) is 9.47. The molecule has 0 aromatic carbocycles. The van der Waals surface area contributed by atoms with Crippen LogP contribution in [-0.2, 0) is 9.84 Å². The zero-order chi connectivity index (χ0) is 14.8. The fourth-order valence-corrected chi connectivity index (χ4v) is 3.92. The van der Waals surface area contributed by atoms with Gasteiger partial charge in [-0.2, -0.15) is 0 Å². The van der Waals surface area contributed by atoms with Gasteiger partial charge in [-0.25, -0.2) is 13.4 Å². The van der Waals surface area contributed by atoms with Gasteiger partial charge in [0, 0.05) is 24.5 Å². The van der Waals surface area contributed by atoms with Gasteiger partial charge in [-0.3, -0.25) is 0 Å². The average molecular weight is 300 g/mol. The predicted molar refractivity (Wildman–Crippen MR) is 77.6 cm³/mol. The number of aliphatic hydroxyl groups is 1. The van der Waals surface area contributed by atoms with E-state index in [1.807, 2.05) is 4.57 Å². The van der Waals surface area contributed by atoms with Gasteiger partial charge in [-0.15, -0.1) is 0 Å². The molecule has 1 aliphatic rings. The summed E-state index contributed by atoms with van der Waals surface area (Å²) in [6, 6.07) is 0.317. The van der Waals surface area contributed by atoms with Crippen molar-refractivity contribution in [3.8, 4) is 0 Å². The minimum absolute atomic E-state index is 0.119. The van der Waals surface area contributed by atoms with Crippen LogP contribution in [0.25, 0.3) is 0 Å². The van der Waals surface area contributed by atoms with Crippen molar-refractivity contribution in [2.24, 2.45) is 0 Å². The minimum Gasteiger partial charge on any atom is -0.396 e. The lowest BCUT2D eigenvalue weighted by molar-refractivity contribution is 0.284. The molecule has 20 heavy (non-hydrogen) atoms. The molecule has 0 saturated heterocycles. The first-order valence-corrected chi connectivity index (χ1v) is 9.03. The molecule has 0 bridgehead atoms. The Kier molecular flexibility index (Phi) is 4.86. The van der Waals surface area contributed by atoms with Gasteiger partial charge in [0.1, 0.15) is 0 Å². The van der Waals surface area contributed by atoms with Crippen LogP contribution in [0.1, 0.15) is 63.6 Å². The largest absolute Gasteiger partial charge is 0.396 e. The van der Waals surface area contributed by atoms with Crippen molar-refractivity contribution >= 4 is 9.84 Å². The summed E-state index contributed by atoms with van der Waals surface area (Å²) in [4.78, 5) is 4.19. The lowest BCUT2D eigenvalue weighted by Gasteiger charge is -2.13. The van der Waals surface area contributed by atoms with Crippen molar-refractivity contribution in [3.05, 3.63) is 11.9 Å². The smallest absolute Gasteiger partial charge is 0.228 e. The normalized spacial score (nSPS) is 16.0. The van der Waals surface area contributed by atoms with E-state index in [9.17, 15) is 8.42 Å². The summed E-state index contributed by atoms with van der Waals surface area (Å²) in [5.74, 6) is 0.398. The second-order valence-corrected chi connectivity index (χ2v) is 7.83. The summed E-state index contributed by atoms with van der Waals surface area (Å²) in [5, 5.41) is 8.98. The van der Waals surface area contributed by atoms with E-state index in [4.69, 9.17) is 5.11 Å². The molecule has 1 aliphatic carbocycles. The molecule has 0 radical (unpaired) electrons. The van der Waals surface area contributed by atoms with Crippen molar-refractivity contribution in [3.63, 3.8) is 0 Å². The first-order valence-electron chi connectivity index (χ1n) is 7.38. The van der Waals surface area contributed by atoms with Crippen LogP contribution in [0.2, 0.25) is 0 Å². The summed E-state index contributed by atoms with van der Waals surface area (Å²) in [6.07, 6.45) is 5.77. The van der Waals surface area contributed by atoms with Crippen molar-refractivity contribution < 1.29 is 13.5 Å². The summed E-state index contributed by atoms with van der Waals surface area (Å²) >= 11 is 0. The van der Waals surface area contributed by atoms with Gasteiger partial charge in [0.25, 0.3) is 0 Å². The molecule has 1 aromatic heterocycles. The molecular weight excluding hydrogens is 276 g/mol. The number of unbranched alkanes of at least 4 members (excludes halogenated alkanes) is 2. The van der Waals surface area contributed by atoms with Crippen LogP contribution in [0.3, 0.4) is 0 Å². The molecule has 0 unspecified atom stereocenters. The maximum Gasteiger partial charge on any atom is 0.228 e. The summed E-state index contributed by atoms with van der Waals surface area (Å²) in [6.45, 7) is 4.25. The molecule has 1 saturated carbocycles. The molecule has 1 heterocycles. The lowest BCUT2D eigenvalue weighted by Crippen LogP contribution is -2.15.